The molecule has 1 aliphatic heterocycles. The molecule has 5 heteroatoms. The predicted octanol–water partition coefficient (Wildman–Crippen LogP) is 2.03. The highest BCUT2D eigenvalue weighted by atomic mass is 35.5. The van der Waals surface area contributed by atoms with E-state index in [-0.39, 0.29) is 17.7 Å². The van der Waals surface area contributed by atoms with Crippen LogP contribution in [0.3, 0.4) is 0 Å². The van der Waals surface area contributed by atoms with Gasteiger partial charge in [-0.05, 0) is 52.0 Å². The van der Waals surface area contributed by atoms with Gasteiger partial charge in [-0.2, -0.15) is 0 Å². The second-order valence-corrected chi connectivity index (χ2v) is 6.55. The third-order valence-electron chi connectivity index (χ3n) is 4.28. The predicted molar refractivity (Wildman–Crippen MR) is 74.7 cm³/mol. The average molecular weight is 285 g/mol. The lowest BCUT2D eigenvalue weighted by atomic mass is 9.85. The first-order chi connectivity index (χ1) is 8.73. The van der Waals surface area contributed by atoms with Gasteiger partial charge in [0, 0.05) is 12.1 Å². The standard InChI is InChI=1S/C14H21ClN2O2/c1-9(7-15)8-17-12(19)14(4,10-5-6-10)16-11(18)13(17,2)3/h7,10H,5-6,8H2,1-4H3,(H,16,18). The molecule has 2 rings (SSSR count). The summed E-state index contributed by atoms with van der Waals surface area (Å²) in [7, 11) is 0. The van der Waals surface area contributed by atoms with Crippen molar-refractivity contribution < 1.29 is 9.59 Å². The van der Waals surface area contributed by atoms with Gasteiger partial charge in [-0.15, -0.1) is 0 Å². The van der Waals surface area contributed by atoms with Crippen LogP contribution < -0.4 is 5.32 Å². The van der Waals surface area contributed by atoms with Gasteiger partial charge in [0.2, 0.25) is 11.8 Å². The highest BCUT2D eigenvalue weighted by Gasteiger charge is 2.57. The molecule has 0 aromatic rings. The van der Waals surface area contributed by atoms with Crippen molar-refractivity contribution in [2.45, 2.75) is 51.6 Å². The minimum absolute atomic E-state index is 0.00235. The van der Waals surface area contributed by atoms with E-state index < -0.39 is 11.1 Å². The van der Waals surface area contributed by atoms with Gasteiger partial charge < -0.3 is 10.2 Å². The third-order valence-corrected chi connectivity index (χ3v) is 4.65. The van der Waals surface area contributed by atoms with Gasteiger partial charge in [0.15, 0.2) is 0 Å². The van der Waals surface area contributed by atoms with Crippen LogP contribution in [0, 0.1) is 5.92 Å². The summed E-state index contributed by atoms with van der Waals surface area (Å²) in [5.74, 6) is 0.171. The highest BCUT2D eigenvalue weighted by Crippen LogP contribution is 2.43. The van der Waals surface area contributed by atoms with Crippen LogP contribution in [0.1, 0.15) is 40.5 Å². The summed E-state index contributed by atoms with van der Waals surface area (Å²) in [5.41, 5.74) is 0.742. The molecule has 4 nitrogen and oxygen atoms in total. The summed E-state index contributed by atoms with van der Waals surface area (Å²) in [4.78, 5) is 26.8. The number of piperazine rings is 1. The van der Waals surface area contributed by atoms with Crippen molar-refractivity contribution >= 4 is 23.4 Å². The summed E-state index contributed by atoms with van der Waals surface area (Å²) in [6, 6.07) is 0. The van der Waals surface area contributed by atoms with Crippen molar-refractivity contribution in [1.29, 1.82) is 0 Å². The normalized spacial score (nSPS) is 31.4. The zero-order valence-corrected chi connectivity index (χ0v) is 12.7. The first-order valence-corrected chi connectivity index (χ1v) is 7.07. The lowest BCUT2D eigenvalue weighted by Crippen LogP contribution is -2.74. The van der Waals surface area contributed by atoms with E-state index in [1.165, 1.54) is 5.54 Å². The monoisotopic (exact) mass is 284 g/mol. The molecule has 0 aromatic carbocycles. The Morgan fingerprint density at radius 2 is 2.00 bits per heavy atom. The minimum atomic E-state index is -0.841. The zero-order valence-electron chi connectivity index (χ0n) is 11.9. The fourth-order valence-electron chi connectivity index (χ4n) is 2.59. The topological polar surface area (TPSA) is 49.4 Å². The summed E-state index contributed by atoms with van der Waals surface area (Å²) in [6.45, 7) is 7.64. The molecule has 19 heavy (non-hydrogen) atoms. The molecule has 2 fully saturated rings. The molecule has 0 spiro atoms. The van der Waals surface area contributed by atoms with E-state index in [0.29, 0.717) is 6.54 Å². The fraction of sp³-hybridized carbons (Fsp3) is 0.714. The Balaban J connectivity index is 2.35. The number of rotatable bonds is 3. The van der Waals surface area contributed by atoms with E-state index >= 15 is 0 Å². The van der Waals surface area contributed by atoms with E-state index in [0.717, 1.165) is 18.4 Å². The number of carbonyl (C=O) groups is 2. The summed E-state index contributed by atoms with van der Waals surface area (Å²) < 4.78 is 0. The molecule has 0 bridgehead atoms. The van der Waals surface area contributed by atoms with Crippen LogP contribution >= 0.6 is 11.6 Å². The molecule has 1 aliphatic carbocycles. The van der Waals surface area contributed by atoms with Crippen LogP contribution in [0.25, 0.3) is 0 Å². The molecule has 0 aromatic heterocycles. The molecule has 106 valence electrons. The second-order valence-electron chi connectivity index (χ2n) is 6.34. The fourth-order valence-corrected chi connectivity index (χ4v) is 2.66. The molecule has 2 amide bonds. The van der Waals surface area contributed by atoms with Crippen LogP contribution in [0.4, 0.5) is 0 Å². The van der Waals surface area contributed by atoms with Gasteiger partial charge in [0.1, 0.15) is 11.1 Å². The van der Waals surface area contributed by atoms with Gasteiger partial charge in [0.25, 0.3) is 0 Å². The van der Waals surface area contributed by atoms with Gasteiger partial charge >= 0.3 is 0 Å². The van der Waals surface area contributed by atoms with E-state index in [1.807, 2.05) is 13.8 Å². The Morgan fingerprint density at radius 1 is 1.42 bits per heavy atom. The van der Waals surface area contributed by atoms with Crippen molar-refractivity contribution in [3.05, 3.63) is 11.1 Å². The van der Waals surface area contributed by atoms with E-state index in [1.54, 1.807) is 18.7 Å². The molecular weight excluding hydrogens is 264 g/mol. The maximum atomic E-state index is 12.8. The third kappa shape index (κ3) is 2.27. The minimum Gasteiger partial charge on any atom is -0.340 e. The molecule has 1 saturated heterocycles. The Hall–Kier alpha value is -1.03. The van der Waals surface area contributed by atoms with Crippen LogP contribution in [-0.2, 0) is 9.59 Å². The largest absolute Gasteiger partial charge is 0.340 e. The Kier molecular flexibility index (Phi) is 3.42. The summed E-state index contributed by atoms with van der Waals surface area (Å²) in [5, 5.41) is 2.93. The van der Waals surface area contributed by atoms with E-state index in [4.69, 9.17) is 11.6 Å². The van der Waals surface area contributed by atoms with Crippen molar-refractivity contribution in [2.75, 3.05) is 6.54 Å². The maximum Gasteiger partial charge on any atom is 0.249 e. The van der Waals surface area contributed by atoms with Gasteiger partial charge in [-0.3, -0.25) is 9.59 Å². The molecule has 1 N–H and O–H groups in total. The smallest absolute Gasteiger partial charge is 0.249 e. The van der Waals surface area contributed by atoms with Crippen LogP contribution in [0.15, 0.2) is 11.1 Å². The Bertz CT molecular complexity index is 454. The Morgan fingerprint density at radius 3 is 2.47 bits per heavy atom. The zero-order chi connectivity index (χ0) is 14.4. The first kappa shape index (κ1) is 14.4. The van der Waals surface area contributed by atoms with Crippen LogP contribution in [-0.4, -0.2) is 34.3 Å². The Labute approximate surface area is 119 Å². The molecule has 1 saturated carbocycles. The molecule has 1 atom stereocenters. The number of hydrogen-bond donors (Lipinski definition) is 1. The molecule has 2 aliphatic rings. The quantitative estimate of drug-likeness (QED) is 0.862. The van der Waals surface area contributed by atoms with E-state index in [9.17, 15) is 9.59 Å². The molecular formula is C14H21ClN2O2. The summed E-state index contributed by atoms with van der Waals surface area (Å²) >= 11 is 5.69. The SMILES string of the molecule is CC(=CCl)CN1C(=O)C(C)(C2CC2)NC(=O)C1(C)C. The molecule has 0 radical (unpaired) electrons. The average Bonchev–Trinajstić information content (AvgIpc) is 3.17. The van der Waals surface area contributed by atoms with Crippen molar-refractivity contribution in [3.63, 3.8) is 0 Å². The number of halogens is 1. The van der Waals surface area contributed by atoms with Crippen molar-refractivity contribution in [2.24, 2.45) is 5.92 Å². The number of amides is 2. The maximum absolute atomic E-state index is 12.8. The van der Waals surface area contributed by atoms with E-state index in [2.05, 4.69) is 5.32 Å². The number of nitrogens with one attached hydrogen (secondary N) is 1. The van der Waals surface area contributed by atoms with Gasteiger partial charge in [-0.1, -0.05) is 11.6 Å². The summed E-state index contributed by atoms with van der Waals surface area (Å²) in [6.07, 6.45) is 2.00. The highest BCUT2D eigenvalue weighted by molar-refractivity contribution is 6.25. The van der Waals surface area contributed by atoms with Crippen LogP contribution in [0.2, 0.25) is 0 Å². The van der Waals surface area contributed by atoms with Gasteiger partial charge in [-0.25, -0.2) is 0 Å². The lowest BCUT2D eigenvalue weighted by molar-refractivity contribution is -0.160. The number of carbonyl (C=O) groups excluding carboxylic acids is 2. The number of hydrogen-bond acceptors (Lipinski definition) is 2. The molecule has 1 heterocycles. The lowest BCUT2D eigenvalue weighted by Gasteiger charge is -2.49. The van der Waals surface area contributed by atoms with Crippen LogP contribution in [0.5, 0.6) is 0 Å². The van der Waals surface area contributed by atoms with Crippen molar-refractivity contribution in [3.8, 4) is 0 Å². The number of nitrogens with zero attached hydrogens (tertiary/aromatic N) is 1. The molecule has 1 unspecified atom stereocenters. The first-order valence-electron chi connectivity index (χ1n) is 6.64. The van der Waals surface area contributed by atoms with Crippen molar-refractivity contribution in [1.82, 2.24) is 10.2 Å². The second kappa shape index (κ2) is 4.51. The van der Waals surface area contributed by atoms with Gasteiger partial charge in [0.05, 0.1) is 0 Å².